The molecule has 2 rings (SSSR count). The quantitative estimate of drug-likeness (QED) is 0.818. The lowest BCUT2D eigenvalue weighted by molar-refractivity contribution is 0.197. The molecule has 0 bridgehead atoms. The lowest BCUT2D eigenvalue weighted by Crippen LogP contribution is -2.10. The molecule has 0 radical (unpaired) electrons. The lowest BCUT2D eigenvalue weighted by atomic mass is 10.3. The summed E-state index contributed by atoms with van der Waals surface area (Å²) in [7, 11) is 1.63. The molecule has 0 fully saturated rings. The third kappa shape index (κ3) is 3.29. The maximum absolute atomic E-state index is 13.7. The molecular formula is C13H15F2N3O. The van der Waals surface area contributed by atoms with Crippen LogP contribution in [0.3, 0.4) is 0 Å². The minimum absolute atomic E-state index is 0.131. The van der Waals surface area contributed by atoms with Gasteiger partial charge in [-0.3, -0.25) is 4.57 Å². The van der Waals surface area contributed by atoms with Gasteiger partial charge in [0.25, 0.3) is 0 Å². The number of aromatic nitrogens is 2. The van der Waals surface area contributed by atoms with Gasteiger partial charge >= 0.3 is 0 Å². The molecule has 1 heterocycles. The molecule has 2 aromatic rings. The Hall–Kier alpha value is -1.95. The topological polar surface area (TPSA) is 39.1 Å². The summed E-state index contributed by atoms with van der Waals surface area (Å²) in [5.41, 5.74) is 0.131. The average Bonchev–Trinajstić information content (AvgIpc) is 2.86. The van der Waals surface area contributed by atoms with Gasteiger partial charge < -0.3 is 10.1 Å². The molecule has 0 saturated heterocycles. The molecule has 0 atom stereocenters. The van der Waals surface area contributed by atoms with E-state index in [9.17, 15) is 8.78 Å². The summed E-state index contributed by atoms with van der Waals surface area (Å²) in [5.74, 6) is -0.518. The van der Waals surface area contributed by atoms with E-state index in [2.05, 4.69) is 10.3 Å². The second-order valence-electron chi connectivity index (χ2n) is 3.99. The van der Waals surface area contributed by atoms with Crippen molar-refractivity contribution in [2.24, 2.45) is 0 Å². The second-order valence-corrected chi connectivity index (χ2v) is 3.99. The lowest BCUT2D eigenvalue weighted by Gasteiger charge is -2.10. The fourth-order valence-electron chi connectivity index (χ4n) is 1.72. The van der Waals surface area contributed by atoms with E-state index in [-0.39, 0.29) is 5.69 Å². The fraction of sp³-hybridized carbons (Fsp3) is 0.308. The number of rotatable bonds is 6. The summed E-state index contributed by atoms with van der Waals surface area (Å²) in [6.07, 6.45) is 3.91. The highest BCUT2D eigenvalue weighted by atomic mass is 19.1. The van der Waals surface area contributed by atoms with Gasteiger partial charge in [-0.2, -0.15) is 0 Å². The number of hydrogen-bond donors (Lipinski definition) is 1. The zero-order valence-electron chi connectivity index (χ0n) is 10.6. The van der Waals surface area contributed by atoms with Crippen molar-refractivity contribution in [3.63, 3.8) is 0 Å². The predicted octanol–water partition coefficient (Wildman–Crippen LogP) is 2.60. The number of methoxy groups -OCH3 is 1. The molecule has 4 nitrogen and oxygen atoms in total. The summed E-state index contributed by atoms with van der Waals surface area (Å²) in [5, 5.41) is 3.06. The third-order valence-corrected chi connectivity index (χ3v) is 2.62. The predicted molar refractivity (Wildman–Crippen MR) is 68.5 cm³/mol. The van der Waals surface area contributed by atoms with Gasteiger partial charge in [0.1, 0.15) is 11.6 Å². The molecule has 6 heteroatoms. The van der Waals surface area contributed by atoms with Crippen LogP contribution in [0.2, 0.25) is 0 Å². The van der Waals surface area contributed by atoms with Gasteiger partial charge in [0.05, 0.1) is 5.69 Å². The van der Waals surface area contributed by atoms with Gasteiger partial charge in [0.15, 0.2) is 0 Å². The molecule has 0 saturated carbocycles. The summed E-state index contributed by atoms with van der Waals surface area (Å²) in [4.78, 5) is 4.08. The highest BCUT2D eigenvalue weighted by molar-refractivity contribution is 5.42. The Morgan fingerprint density at radius 1 is 1.37 bits per heavy atom. The standard InChI is InChI=1S/C13H15F2N3O/c1-19-8-2-5-16-13-17-6-7-18(13)12-9-10(14)3-4-11(12)15/h3-4,6-7,9H,2,5,8H2,1H3,(H,16,17). The zero-order valence-corrected chi connectivity index (χ0v) is 10.6. The van der Waals surface area contributed by atoms with Crippen LogP contribution in [0.4, 0.5) is 14.7 Å². The molecule has 0 unspecified atom stereocenters. The number of nitrogens with zero attached hydrogens (tertiary/aromatic N) is 2. The van der Waals surface area contributed by atoms with E-state index in [0.29, 0.717) is 19.1 Å². The highest BCUT2D eigenvalue weighted by Gasteiger charge is 2.10. The van der Waals surface area contributed by atoms with Crippen molar-refractivity contribution in [1.82, 2.24) is 9.55 Å². The van der Waals surface area contributed by atoms with Crippen LogP contribution < -0.4 is 5.32 Å². The van der Waals surface area contributed by atoms with Crippen molar-refractivity contribution in [3.05, 3.63) is 42.2 Å². The van der Waals surface area contributed by atoms with Gasteiger partial charge in [0.2, 0.25) is 5.95 Å². The van der Waals surface area contributed by atoms with Crippen molar-refractivity contribution in [2.45, 2.75) is 6.42 Å². The van der Waals surface area contributed by atoms with Gasteiger partial charge in [-0.05, 0) is 18.6 Å². The second kappa shape index (κ2) is 6.29. The van der Waals surface area contributed by atoms with E-state index >= 15 is 0 Å². The van der Waals surface area contributed by atoms with Crippen molar-refractivity contribution >= 4 is 5.95 Å². The summed E-state index contributed by atoms with van der Waals surface area (Å²) in [6.45, 7) is 1.27. The Labute approximate surface area is 110 Å². The number of nitrogens with one attached hydrogen (secondary N) is 1. The normalized spacial score (nSPS) is 10.7. The molecule has 102 valence electrons. The third-order valence-electron chi connectivity index (χ3n) is 2.62. The fourth-order valence-corrected chi connectivity index (χ4v) is 1.72. The van der Waals surface area contributed by atoms with E-state index in [1.165, 1.54) is 10.8 Å². The number of ether oxygens (including phenoxy) is 1. The molecule has 1 aromatic carbocycles. The summed E-state index contributed by atoms with van der Waals surface area (Å²) < 4.78 is 33.3. The van der Waals surface area contributed by atoms with Crippen LogP contribution in [-0.2, 0) is 4.74 Å². The average molecular weight is 267 g/mol. The first-order chi connectivity index (χ1) is 9.22. The maximum Gasteiger partial charge on any atom is 0.207 e. The smallest absolute Gasteiger partial charge is 0.207 e. The van der Waals surface area contributed by atoms with Crippen molar-refractivity contribution < 1.29 is 13.5 Å². The maximum atomic E-state index is 13.7. The molecule has 0 spiro atoms. The van der Waals surface area contributed by atoms with E-state index in [1.54, 1.807) is 13.3 Å². The molecule has 0 aliphatic rings. The van der Waals surface area contributed by atoms with E-state index in [4.69, 9.17) is 4.74 Å². The van der Waals surface area contributed by atoms with Gasteiger partial charge in [0, 0.05) is 38.7 Å². The molecule has 1 aromatic heterocycles. The largest absolute Gasteiger partial charge is 0.385 e. The number of benzene rings is 1. The Morgan fingerprint density at radius 2 is 2.21 bits per heavy atom. The Balaban J connectivity index is 2.16. The molecule has 19 heavy (non-hydrogen) atoms. The van der Waals surface area contributed by atoms with Crippen LogP contribution >= 0.6 is 0 Å². The molecule has 0 aliphatic heterocycles. The van der Waals surface area contributed by atoms with Crippen LogP contribution in [0, 0.1) is 11.6 Å². The van der Waals surface area contributed by atoms with Crippen molar-refractivity contribution in [1.29, 1.82) is 0 Å². The van der Waals surface area contributed by atoms with Crippen LogP contribution in [0.25, 0.3) is 5.69 Å². The molecule has 0 amide bonds. The minimum Gasteiger partial charge on any atom is -0.385 e. The Bertz CT molecular complexity index is 542. The number of anilines is 1. The zero-order chi connectivity index (χ0) is 13.7. The van der Waals surface area contributed by atoms with Crippen LogP contribution in [0.15, 0.2) is 30.6 Å². The van der Waals surface area contributed by atoms with Gasteiger partial charge in [-0.1, -0.05) is 0 Å². The van der Waals surface area contributed by atoms with Crippen LogP contribution in [0.5, 0.6) is 0 Å². The summed E-state index contributed by atoms with van der Waals surface area (Å²) >= 11 is 0. The molecular weight excluding hydrogens is 252 g/mol. The first-order valence-corrected chi connectivity index (χ1v) is 5.94. The molecule has 0 aliphatic carbocycles. The summed E-state index contributed by atoms with van der Waals surface area (Å²) in [6, 6.07) is 3.32. The minimum atomic E-state index is -0.501. The molecule has 1 N–H and O–H groups in total. The van der Waals surface area contributed by atoms with Crippen molar-refractivity contribution in [2.75, 3.05) is 25.6 Å². The number of hydrogen-bond acceptors (Lipinski definition) is 3. The van der Waals surface area contributed by atoms with E-state index in [0.717, 1.165) is 24.6 Å². The Morgan fingerprint density at radius 3 is 3.00 bits per heavy atom. The number of halogens is 2. The monoisotopic (exact) mass is 267 g/mol. The van der Waals surface area contributed by atoms with Crippen LogP contribution in [-0.4, -0.2) is 29.8 Å². The van der Waals surface area contributed by atoms with Crippen LogP contribution in [0.1, 0.15) is 6.42 Å². The number of imidazole rings is 1. The first-order valence-electron chi connectivity index (χ1n) is 5.94. The Kier molecular flexibility index (Phi) is 4.46. The highest BCUT2D eigenvalue weighted by Crippen LogP contribution is 2.19. The van der Waals surface area contributed by atoms with Crippen molar-refractivity contribution in [3.8, 4) is 5.69 Å². The van der Waals surface area contributed by atoms with E-state index < -0.39 is 11.6 Å². The van der Waals surface area contributed by atoms with E-state index in [1.807, 2.05) is 0 Å². The first kappa shape index (κ1) is 13.5. The van der Waals surface area contributed by atoms with Gasteiger partial charge in [-0.25, -0.2) is 13.8 Å². The van der Waals surface area contributed by atoms with Gasteiger partial charge in [-0.15, -0.1) is 0 Å². The SMILES string of the molecule is COCCCNc1nccn1-c1cc(F)ccc1F.